The molecule has 0 unspecified atom stereocenters. The van der Waals surface area contributed by atoms with Gasteiger partial charge < -0.3 is 19.3 Å². The summed E-state index contributed by atoms with van der Waals surface area (Å²) in [5.41, 5.74) is -0.463. The van der Waals surface area contributed by atoms with Gasteiger partial charge in [0.1, 0.15) is 5.82 Å². The predicted molar refractivity (Wildman–Crippen MR) is 105 cm³/mol. The summed E-state index contributed by atoms with van der Waals surface area (Å²) in [5.74, 6) is -2.00. The Morgan fingerprint density at radius 2 is 2.03 bits per heavy atom. The summed E-state index contributed by atoms with van der Waals surface area (Å²) in [6, 6.07) is 4.00. The van der Waals surface area contributed by atoms with Gasteiger partial charge in [0.15, 0.2) is 18.2 Å². The number of carboxylic acid groups (broad SMARTS) is 1. The van der Waals surface area contributed by atoms with E-state index in [2.05, 4.69) is 13.8 Å². The van der Waals surface area contributed by atoms with Gasteiger partial charge in [-0.05, 0) is 55.7 Å². The van der Waals surface area contributed by atoms with Crippen LogP contribution in [-0.2, 0) is 30.6 Å². The van der Waals surface area contributed by atoms with Gasteiger partial charge in [-0.1, -0.05) is 19.9 Å². The Balaban J connectivity index is 1.37. The molecule has 2 bridgehead atoms. The van der Waals surface area contributed by atoms with E-state index < -0.39 is 35.8 Å². The number of ether oxygens (including phenoxy) is 3. The van der Waals surface area contributed by atoms with E-state index in [1.165, 1.54) is 12.1 Å². The van der Waals surface area contributed by atoms with Gasteiger partial charge in [0.2, 0.25) is 5.79 Å². The Hall–Kier alpha value is -1.58. The first-order valence-corrected chi connectivity index (χ1v) is 11.1. The number of hydrogen-bond donors (Lipinski definition) is 1. The highest BCUT2D eigenvalue weighted by Gasteiger charge is 2.69. The summed E-state index contributed by atoms with van der Waals surface area (Å²) < 4.78 is 32.7. The monoisotopic (exact) mass is 436 g/mol. The Morgan fingerprint density at radius 1 is 1.23 bits per heavy atom. The first-order chi connectivity index (χ1) is 14.7. The van der Waals surface area contributed by atoms with Gasteiger partial charge in [0.25, 0.3) is 0 Å². The summed E-state index contributed by atoms with van der Waals surface area (Å²) in [6.07, 6.45) is 2.61. The van der Waals surface area contributed by atoms with Gasteiger partial charge in [-0.3, -0.25) is 0 Å². The van der Waals surface area contributed by atoms with Crippen molar-refractivity contribution in [2.75, 3.05) is 0 Å². The molecule has 1 spiro atoms. The summed E-state index contributed by atoms with van der Waals surface area (Å²) in [4.78, 5) is 22.9. The van der Waals surface area contributed by atoms with Crippen molar-refractivity contribution in [1.29, 1.82) is 0 Å². The third-order valence-corrected chi connectivity index (χ3v) is 7.78. The van der Waals surface area contributed by atoms with Crippen molar-refractivity contribution >= 4 is 5.97 Å². The van der Waals surface area contributed by atoms with Crippen LogP contribution in [-0.4, -0.2) is 35.0 Å². The summed E-state index contributed by atoms with van der Waals surface area (Å²) in [6.45, 7) is 6.33. The maximum atomic E-state index is 14.0. The molecule has 4 saturated heterocycles. The minimum absolute atomic E-state index is 0.0176. The third kappa shape index (κ3) is 3.31. The van der Waals surface area contributed by atoms with Crippen LogP contribution in [0.2, 0.25) is 0 Å². The van der Waals surface area contributed by atoms with Crippen LogP contribution in [0.15, 0.2) is 18.2 Å². The molecule has 170 valence electrons. The second-order valence-electron chi connectivity index (χ2n) is 9.70. The predicted octanol–water partition coefficient (Wildman–Crippen LogP) is 4.25. The van der Waals surface area contributed by atoms with Crippen molar-refractivity contribution in [2.45, 2.75) is 77.0 Å². The number of carbonyl (C=O) groups is 1. The lowest BCUT2D eigenvalue weighted by Crippen LogP contribution is -2.70. The molecule has 1 saturated carbocycles. The van der Waals surface area contributed by atoms with Gasteiger partial charge in [-0.25, -0.2) is 19.0 Å². The lowest BCUT2D eigenvalue weighted by atomic mass is 9.58. The highest BCUT2D eigenvalue weighted by atomic mass is 19.1. The molecular weight excluding hydrogens is 407 g/mol. The van der Waals surface area contributed by atoms with Crippen LogP contribution in [0.25, 0.3) is 0 Å². The maximum Gasteiger partial charge on any atom is 0.338 e. The van der Waals surface area contributed by atoms with Crippen LogP contribution in [0.4, 0.5) is 4.39 Å². The van der Waals surface area contributed by atoms with Crippen LogP contribution in [0.3, 0.4) is 0 Å². The Labute approximate surface area is 180 Å². The third-order valence-electron chi connectivity index (χ3n) is 7.78. The minimum Gasteiger partial charge on any atom is -0.478 e. The topological polar surface area (TPSA) is 83.5 Å². The molecule has 7 nitrogen and oxygen atoms in total. The molecule has 8 atom stereocenters. The lowest BCUT2D eigenvalue weighted by molar-refractivity contribution is -0.577. The average Bonchev–Trinajstić information content (AvgIpc) is 2.95. The maximum absolute atomic E-state index is 14.0. The van der Waals surface area contributed by atoms with Crippen LogP contribution < -0.4 is 0 Å². The lowest BCUT2D eigenvalue weighted by Gasteiger charge is -2.60. The van der Waals surface area contributed by atoms with Crippen molar-refractivity contribution in [2.24, 2.45) is 23.7 Å². The van der Waals surface area contributed by atoms with E-state index in [1.807, 2.05) is 6.92 Å². The van der Waals surface area contributed by atoms with E-state index in [0.29, 0.717) is 11.5 Å². The van der Waals surface area contributed by atoms with E-state index in [1.54, 1.807) is 6.07 Å². The number of aromatic carboxylic acids is 1. The van der Waals surface area contributed by atoms with Crippen LogP contribution in [0.5, 0.6) is 0 Å². The SMILES string of the molecule is C[C@H]1[C@@H](OCc2ccc(C(=O)O)c(F)c2)O[C@@H]2O[C@@]3(C)CC[C@H]4[C@H](C)CC[C@@H]1[C@@]24OO3. The van der Waals surface area contributed by atoms with Gasteiger partial charge in [-0.15, -0.1) is 0 Å². The second-order valence-corrected chi connectivity index (χ2v) is 9.70. The zero-order chi connectivity index (χ0) is 22.0. The molecule has 5 fully saturated rings. The van der Waals surface area contributed by atoms with E-state index in [0.717, 1.165) is 25.7 Å². The average molecular weight is 436 g/mol. The summed E-state index contributed by atoms with van der Waals surface area (Å²) in [5, 5.41) is 9.00. The minimum atomic E-state index is -1.29. The van der Waals surface area contributed by atoms with Crippen LogP contribution >= 0.6 is 0 Å². The Morgan fingerprint density at radius 3 is 2.77 bits per heavy atom. The highest BCUT2D eigenvalue weighted by molar-refractivity contribution is 5.87. The molecule has 0 radical (unpaired) electrons. The summed E-state index contributed by atoms with van der Waals surface area (Å²) >= 11 is 0. The smallest absolute Gasteiger partial charge is 0.338 e. The van der Waals surface area contributed by atoms with Gasteiger partial charge in [-0.2, -0.15) is 0 Å². The zero-order valence-electron chi connectivity index (χ0n) is 18.0. The Kier molecular flexibility index (Phi) is 5.14. The molecule has 4 aliphatic heterocycles. The largest absolute Gasteiger partial charge is 0.478 e. The number of benzene rings is 1. The first-order valence-electron chi connectivity index (χ1n) is 11.1. The highest BCUT2D eigenvalue weighted by Crippen LogP contribution is 2.60. The van der Waals surface area contributed by atoms with Crippen LogP contribution in [0.1, 0.15) is 62.4 Å². The molecule has 1 aromatic rings. The zero-order valence-corrected chi connectivity index (χ0v) is 18.0. The van der Waals surface area contributed by atoms with E-state index in [4.69, 9.17) is 29.1 Å². The summed E-state index contributed by atoms with van der Waals surface area (Å²) in [7, 11) is 0. The molecule has 1 aromatic carbocycles. The fraction of sp³-hybridized carbons (Fsp3) is 0.696. The van der Waals surface area contributed by atoms with E-state index >= 15 is 0 Å². The molecule has 5 aliphatic rings. The Bertz CT molecular complexity index is 877. The van der Waals surface area contributed by atoms with Gasteiger partial charge in [0, 0.05) is 18.3 Å². The number of fused-ring (bicyclic) bond motifs is 2. The van der Waals surface area contributed by atoms with Crippen LogP contribution in [0, 0.1) is 29.5 Å². The number of hydrogen-bond acceptors (Lipinski definition) is 6. The number of halogens is 1. The molecule has 1 N–H and O–H groups in total. The molecule has 8 heteroatoms. The molecular formula is C23H29FO7. The fourth-order valence-electron chi connectivity index (χ4n) is 6.06. The van der Waals surface area contributed by atoms with E-state index in [9.17, 15) is 9.18 Å². The molecule has 0 amide bonds. The fourth-order valence-corrected chi connectivity index (χ4v) is 6.06. The standard InChI is InChI=1S/C23H29FO7/c1-12-4-7-17-13(2)20(27-11-14-5-6-15(19(25)26)18(24)10-14)28-21-23(17)16(12)8-9-22(3,29-21)30-31-23/h5-6,10,12-13,16-17,20-21H,4,7-9,11H2,1-3H3,(H,25,26)/t12-,13-,16+,17+,20+,21-,22-,23-/m1/s1. The molecule has 6 rings (SSSR count). The molecule has 1 aliphatic carbocycles. The molecule has 4 heterocycles. The van der Waals surface area contributed by atoms with Crippen molar-refractivity contribution in [1.82, 2.24) is 0 Å². The molecule has 0 aromatic heterocycles. The van der Waals surface area contributed by atoms with Crippen molar-refractivity contribution in [3.05, 3.63) is 35.1 Å². The van der Waals surface area contributed by atoms with E-state index in [-0.39, 0.29) is 29.9 Å². The van der Waals surface area contributed by atoms with Crippen molar-refractivity contribution in [3.8, 4) is 0 Å². The van der Waals surface area contributed by atoms with Crippen molar-refractivity contribution < 1.29 is 38.3 Å². The van der Waals surface area contributed by atoms with Gasteiger partial charge >= 0.3 is 5.97 Å². The first kappa shape index (κ1) is 21.3. The molecule has 31 heavy (non-hydrogen) atoms. The normalized spacial score (nSPS) is 43.9. The number of rotatable bonds is 4. The van der Waals surface area contributed by atoms with Crippen molar-refractivity contribution in [3.63, 3.8) is 0 Å². The number of carboxylic acids is 1. The van der Waals surface area contributed by atoms with Gasteiger partial charge in [0.05, 0.1) is 12.2 Å². The quantitative estimate of drug-likeness (QED) is 0.707. The second kappa shape index (κ2) is 7.49.